The average Bonchev–Trinajstić information content (AvgIpc) is 2.53. The molecule has 0 aromatic carbocycles. The van der Waals surface area contributed by atoms with Crippen LogP contribution in [-0.4, -0.2) is 21.9 Å². The molecule has 0 saturated carbocycles. The number of pyridine rings is 2. The van der Waals surface area contributed by atoms with E-state index in [1.54, 1.807) is 18.5 Å². The summed E-state index contributed by atoms with van der Waals surface area (Å²) >= 11 is 0. The lowest BCUT2D eigenvalue weighted by atomic mass is 9.85. The van der Waals surface area contributed by atoms with E-state index in [0.717, 1.165) is 17.7 Å². The predicted molar refractivity (Wildman–Crippen MR) is 102 cm³/mol. The fourth-order valence-electron chi connectivity index (χ4n) is 2.63. The van der Waals surface area contributed by atoms with Gasteiger partial charge < -0.3 is 10.6 Å². The standard InChI is InChI=1S/C20H28N4O/c1-14(2)23-19(25)17-11-16(8-10-22-17)24-18(12-20(3,4)5)15-7-6-9-21-13-15/h6-11,13-14,18H,12H2,1-5H3,(H,22,24)(H,23,25). The highest BCUT2D eigenvalue weighted by Gasteiger charge is 2.21. The van der Waals surface area contributed by atoms with Crippen LogP contribution in [0.2, 0.25) is 0 Å². The monoisotopic (exact) mass is 340 g/mol. The zero-order valence-electron chi connectivity index (χ0n) is 15.7. The third kappa shape index (κ3) is 6.18. The minimum Gasteiger partial charge on any atom is -0.378 e. The zero-order valence-corrected chi connectivity index (χ0v) is 15.7. The summed E-state index contributed by atoms with van der Waals surface area (Å²) in [5, 5.41) is 6.41. The Balaban J connectivity index is 2.22. The molecule has 1 amide bonds. The lowest BCUT2D eigenvalue weighted by Crippen LogP contribution is -2.30. The topological polar surface area (TPSA) is 66.9 Å². The fourth-order valence-corrected chi connectivity index (χ4v) is 2.63. The van der Waals surface area contributed by atoms with Crippen molar-refractivity contribution >= 4 is 11.6 Å². The van der Waals surface area contributed by atoms with Crippen LogP contribution in [0.4, 0.5) is 5.69 Å². The minimum absolute atomic E-state index is 0.0787. The van der Waals surface area contributed by atoms with Crippen molar-refractivity contribution < 1.29 is 4.79 Å². The summed E-state index contributed by atoms with van der Waals surface area (Å²) in [7, 11) is 0. The van der Waals surface area contributed by atoms with Crippen LogP contribution in [-0.2, 0) is 0 Å². The molecule has 1 unspecified atom stereocenters. The number of hydrogen-bond donors (Lipinski definition) is 2. The van der Waals surface area contributed by atoms with Gasteiger partial charge in [0.25, 0.3) is 5.91 Å². The second-order valence-corrected chi connectivity index (χ2v) is 7.81. The smallest absolute Gasteiger partial charge is 0.270 e. The molecule has 2 N–H and O–H groups in total. The maximum atomic E-state index is 12.2. The number of carbonyl (C=O) groups excluding carboxylic acids is 1. The van der Waals surface area contributed by atoms with Crippen molar-refractivity contribution in [1.29, 1.82) is 0 Å². The Labute approximate surface area is 150 Å². The van der Waals surface area contributed by atoms with Gasteiger partial charge >= 0.3 is 0 Å². The average molecular weight is 340 g/mol. The van der Waals surface area contributed by atoms with Gasteiger partial charge in [-0.3, -0.25) is 14.8 Å². The molecule has 0 spiro atoms. The maximum Gasteiger partial charge on any atom is 0.270 e. The first-order valence-electron chi connectivity index (χ1n) is 8.68. The van der Waals surface area contributed by atoms with Crippen molar-refractivity contribution in [1.82, 2.24) is 15.3 Å². The Kier molecular flexibility index (Phi) is 6.12. The highest BCUT2D eigenvalue weighted by atomic mass is 16.1. The highest BCUT2D eigenvalue weighted by molar-refractivity contribution is 5.93. The van der Waals surface area contributed by atoms with E-state index in [2.05, 4.69) is 47.4 Å². The number of rotatable bonds is 6. The number of nitrogens with one attached hydrogen (secondary N) is 2. The Bertz CT molecular complexity index is 692. The summed E-state index contributed by atoms with van der Waals surface area (Å²) in [6, 6.07) is 7.89. The fraction of sp³-hybridized carbons (Fsp3) is 0.450. The van der Waals surface area contributed by atoms with Gasteiger partial charge in [0.15, 0.2) is 0 Å². The van der Waals surface area contributed by atoms with E-state index in [9.17, 15) is 4.79 Å². The summed E-state index contributed by atoms with van der Waals surface area (Å²) in [6.07, 6.45) is 6.26. The van der Waals surface area contributed by atoms with Gasteiger partial charge in [-0.1, -0.05) is 26.8 Å². The summed E-state index contributed by atoms with van der Waals surface area (Å²) in [5.41, 5.74) is 2.57. The van der Waals surface area contributed by atoms with Crippen LogP contribution in [0, 0.1) is 5.41 Å². The van der Waals surface area contributed by atoms with Crippen molar-refractivity contribution in [2.24, 2.45) is 5.41 Å². The van der Waals surface area contributed by atoms with E-state index in [1.165, 1.54) is 0 Å². The van der Waals surface area contributed by atoms with Crippen LogP contribution >= 0.6 is 0 Å². The van der Waals surface area contributed by atoms with Crippen molar-refractivity contribution in [3.8, 4) is 0 Å². The van der Waals surface area contributed by atoms with E-state index >= 15 is 0 Å². The minimum atomic E-state index is -0.160. The van der Waals surface area contributed by atoms with Gasteiger partial charge in [-0.25, -0.2) is 0 Å². The molecule has 5 nitrogen and oxygen atoms in total. The van der Waals surface area contributed by atoms with Crippen molar-refractivity contribution in [2.75, 3.05) is 5.32 Å². The number of anilines is 1. The van der Waals surface area contributed by atoms with Gasteiger partial charge in [0, 0.05) is 30.3 Å². The molecule has 2 heterocycles. The Morgan fingerprint density at radius 1 is 1.20 bits per heavy atom. The molecule has 0 bridgehead atoms. The van der Waals surface area contributed by atoms with Crippen LogP contribution in [0.5, 0.6) is 0 Å². The van der Waals surface area contributed by atoms with Gasteiger partial charge in [0.1, 0.15) is 5.69 Å². The largest absolute Gasteiger partial charge is 0.378 e. The second kappa shape index (κ2) is 8.10. The van der Waals surface area contributed by atoms with Crippen LogP contribution in [0.15, 0.2) is 42.9 Å². The third-order valence-electron chi connectivity index (χ3n) is 3.66. The molecule has 5 heteroatoms. The maximum absolute atomic E-state index is 12.2. The third-order valence-corrected chi connectivity index (χ3v) is 3.66. The molecule has 2 aromatic rings. The summed E-state index contributed by atoms with van der Waals surface area (Å²) in [5.74, 6) is -0.160. The summed E-state index contributed by atoms with van der Waals surface area (Å²) in [6.45, 7) is 10.5. The number of nitrogens with zero attached hydrogens (tertiary/aromatic N) is 2. The quantitative estimate of drug-likeness (QED) is 0.827. The number of hydrogen-bond acceptors (Lipinski definition) is 4. The van der Waals surface area contributed by atoms with E-state index in [4.69, 9.17) is 0 Å². The molecular formula is C20H28N4O. The SMILES string of the molecule is CC(C)NC(=O)c1cc(NC(CC(C)(C)C)c2cccnc2)ccn1. The summed E-state index contributed by atoms with van der Waals surface area (Å²) < 4.78 is 0. The molecule has 0 fully saturated rings. The van der Waals surface area contributed by atoms with E-state index in [-0.39, 0.29) is 23.4 Å². The zero-order chi connectivity index (χ0) is 18.4. The van der Waals surface area contributed by atoms with Crippen molar-refractivity contribution in [2.45, 2.75) is 53.1 Å². The number of amides is 1. The van der Waals surface area contributed by atoms with Crippen LogP contribution in [0.25, 0.3) is 0 Å². The van der Waals surface area contributed by atoms with E-state index in [0.29, 0.717) is 5.69 Å². The second-order valence-electron chi connectivity index (χ2n) is 7.81. The number of aromatic nitrogens is 2. The van der Waals surface area contributed by atoms with Crippen LogP contribution in [0.3, 0.4) is 0 Å². The Morgan fingerprint density at radius 2 is 1.96 bits per heavy atom. The molecule has 1 atom stereocenters. The molecule has 0 aliphatic rings. The first kappa shape index (κ1) is 18.9. The summed E-state index contributed by atoms with van der Waals surface area (Å²) in [4.78, 5) is 20.6. The van der Waals surface area contributed by atoms with Crippen LogP contribution < -0.4 is 10.6 Å². The molecule has 2 rings (SSSR count). The van der Waals surface area contributed by atoms with Crippen molar-refractivity contribution in [3.63, 3.8) is 0 Å². The normalized spacial score (nSPS) is 12.7. The van der Waals surface area contributed by atoms with E-state index in [1.807, 2.05) is 32.2 Å². The highest BCUT2D eigenvalue weighted by Crippen LogP contribution is 2.31. The molecule has 25 heavy (non-hydrogen) atoms. The molecule has 0 aliphatic heterocycles. The first-order chi connectivity index (χ1) is 11.7. The Morgan fingerprint density at radius 3 is 2.56 bits per heavy atom. The van der Waals surface area contributed by atoms with Crippen LogP contribution in [0.1, 0.15) is 63.1 Å². The Hall–Kier alpha value is -2.43. The molecule has 134 valence electrons. The molecule has 2 aromatic heterocycles. The van der Waals surface area contributed by atoms with Gasteiger partial charge in [0.2, 0.25) is 0 Å². The number of carbonyl (C=O) groups is 1. The predicted octanol–water partition coefficient (Wildman–Crippen LogP) is 4.20. The van der Waals surface area contributed by atoms with Gasteiger partial charge in [-0.15, -0.1) is 0 Å². The van der Waals surface area contributed by atoms with Crippen molar-refractivity contribution in [3.05, 3.63) is 54.1 Å². The first-order valence-corrected chi connectivity index (χ1v) is 8.68. The van der Waals surface area contributed by atoms with E-state index < -0.39 is 0 Å². The van der Waals surface area contributed by atoms with Gasteiger partial charge in [0.05, 0.1) is 6.04 Å². The lowest BCUT2D eigenvalue weighted by molar-refractivity contribution is 0.0938. The molecule has 0 saturated heterocycles. The molecular weight excluding hydrogens is 312 g/mol. The van der Waals surface area contributed by atoms with Gasteiger partial charge in [-0.2, -0.15) is 0 Å². The molecule has 0 radical (unpaired) electrons. The lowest BCUT2D eigenvalue weighted by Gasteiger charge is -2.28. The molecule has 0 aliphatic carbocycles. The van der Waals surface area contributed by atoms with Gasteiger partial charge in [-0.05, 0) is 49.4 Å².